The lowest BCUT2D eigenvalue weighted by Crippen LogP contribution is -2.56. The van der Waals surface area contributed by atoms with Gasteiger partial charge in [0.15, 0.2) is 0 Å². The molecule has 3 nitrogen and oxygen atoms in total. The largest absolute Gasteiger partial charge is 0.480 e. The molecule has 5 rings (SSSR count). The summed E-state index contributed by atoms with van der Waals surface area (Å²) in [4.78, 5) is 10.6. The van der Waals surface area contributed by atoms with Crippen molar-refractivity contribution in [2.45, 2.75) is 57.4 Å². The summed E-state index contributed by atoms with van der Waals surface area (Å²) in [5.41, 5.74) is 0.677. The van der Waals surface area contributed by atoms with E-state index in [1.165, 1.54) is 51.4 Å². The summed E-state index contributed by atoms with van der Waals surface area (Å²) in [5, 5.41) is 11.9. The quantitative estimate of drug-likeness (QED) is 0.820. The maximum atomic E-state index is 10.6. The number of carbonyl (C=O) groups is 1. The van der Waals surface area contributed by atoms with E-state index in [1.807, 2.05) is 0 Å². The average molecular weight is 263 g/mol. The normalized spacial score (nSPS) is 51.1. The standard InChI is InChI=1S/C16H25NO2/c18-15(19)9-17-14-4-13(5-14)16-6-10-1-11(7-16)3-12(2-10)8-16/h10-14,17H,1-9H2,(H,18,19). The first kappa shape index (κ1) is 12.2. The second-order valence-corrected chi connectivity index (χ2v) is 7.92. The van der Waals surface area contributed by atoms with E-state index in [0.29, 0.717) is 11.5 Å². The van der Waals surface area contributed by atoms with Crippen molar-refractivity contribution < 1.29 is 9.90 Å². The molecule has 0 radical (unpaired) electrons. The van der Waals surface area contributed by atoms with Crippen LogP contribution in [-0.4, -0.2) is 23.7 Å². The minimum absolute atomic E-state index is 0.137. The summed E-state index contributed by atoms with van der Waals surface area (Å²) in [6, 6.07) is 0.481. The molecule has 4 bridgehead atoms. The summed E-state index contributed by atoms with van der Waals surface area (Å²) in [5.74, 6) is 3.29. The molecule has 0 heterocycles. The lowest BCUT2D eigenvalue weighted by Gasteiger charge is -2.62. The van der Waals surface area contributed by atoms with Gasteiger partial charge in [0.1, 0.15) is 0 Å². The summed E-state index contributed by atoms with van der Waals surface area (Å²) >= 11 is 0. The van der Waals surface area contributed by atoms with E-state index in [-0.39, 0.29) is 6.54 Å². The lowest BCUT2D eigenvalue weighted by molar-refractivity contribution is -0.137. The number of carboxylic acid groups (broad SMARTS) is 1. The van der Waals surface area contributed by atoms with Crippen LogP contribution in [0.3, 0.4) is 0 Å². The molecule has 0 unspecified atom stereocenters. The van der Waals surface area contributed by atoms with E-state index in [1.54, 1.807) is 0 Å². The molecular formula is C16H25NO2. The van der Waals surface area contributed by atoms with Crippen molar-refractivity contribution in [3.63, 3.8) is 0 Å². The molecule has 0 amide bonds. The third-order valence-electron chi connectivity index (χ3n) is 6.63. The molecule has 5 aliphatic carbocycles. The van der Waals surface area contributed by atoms with Crippen molar-refractivity contribution in [1.29, 1.82) is 0 Å². The molecule has 0 saturated heterocycles. The molecule has 5 aliphatic rings. The molecule has 5 fully saturated rings. The van der Waals surface area contributed by atoms with E-state index < -0.39 is 5.97 Å². The van der Waals surface area contributed by atoms with E-state index in [0.717, 1.165) is 23.7 Å². The van der Waals surface area contributed by atoms with Crippen LogP contribution in [-0.2, 0) is 4.79 Å². The smallest absolute Gasteiger partial charge is 0.317 e. The molecule has 5 saturated carbocycles. The van der Waals surface area contributed by atoms with Crippen molar-refractivity contribution >= 4 is 5.97 Å². The van der Waals surface area contributed by atoms with Crippen LogP contribution >= 0.6 is 0 Å². The topological polar surface area (TPSA) is 49.3 Å². The summed E-state index contributed by atoms with van der Waals surface area (Å²) < 4.78 is 0. The van der Waals surface area contributed by atoms with Gasteiger partial charge in [-0.25, -0.2) is 0 Å². The predicted octanol–water partition coefficient (Wildman–Crippen LogP) is 2.66. The molecule has 0 aromatic rings. The van der Waals surface area contributed by atoms with Crippen LogP contribution in [0.1, 0.15) is 51.4 Å². The minimum atomic E-state index is -0.724. The highest BCUT2D eigenvalue weighted by atomic mass is 16.4. The van der Waals surface area contributed by atoms with Gasteiger partial charge >= 0.3 is 5.97 Å². The Kier molecular flexibility index (Phi) is 2.70. The van der Waals surface area contributed by atoms with Gasteiger partial charge in [0, 0.05) is 6.04 Å². The number of hydrogen-bond donors (Lipinski definition) is 2. The van der Waals surface area contributed by atoms with Crippen LogP contribution in [0, 0.1) is 29.1 Å². The fraction of sp³-hybridized carbons (Fsp3) is 0.938. The van der Waals surface area contributed by atoms with Crippen molar-refractivity contribution in [3.8, 4) is 0 Å². The number of hydrogen-bond acceptors (Lipinski definition) is 2. The van der Waals surface area contributed by atoms with Crippen LogP contribution in [0.5, 0.6) is 0 Å². The Morgan fingerprint density at radius 2 is 1.53 bits per heavy atom. The van der Waals surface area contributed by atoms with Crippen molar-refractivity contribution in [2.24, 2.45) is 29.1 Å². The average Bonchev–Trinajstić information content (AvgIpc) is 2.23. The molecule has 0 aromatic carbocycles. The zero-order valence-corrected chi connectivity index (χ0v) is 11.6. The van der Waals surface area contributed by atoms with E-state index in [2.05, 4.69) is 5.32 Å². The molecule has 2 N–H and O–H groups in total. The summed E-state index contributed by atoms with van der Waals surface area (Å²) in [7, 11) is 0. The first-order valence-electron chi connectivity index (χ1n) is 8.08. The van der Waals surface area contributed by atoms with Crippen LogP contribution in [0.2, 0.25) is 0 Å². The fourth-order valence-electron chi connectivity index (χ4n) is 6.19. The Hall–Kier alpha value is -0.570. The highest BCUT2D eigenvalue weighted by Gasteiger charge is 2.56. The number of aliphatic carboxylic acids is 1. The van der Waals surface area contributed by atoms with Gasteiger partial charge in [0.2, 0.25) is 0 Å². The van der Waals surface area contributed by atoms with Crippen molar-refractivity contribution in [3.05, 3.63) is 0 Å². The fourth-order valence-corrected chi connectivity index (χ4v) is 6.19. The zero-order valence-electron chi connectivity index (χ0n) is 11.6. The van der Waals surface area contributed by atoms with Gasteiger partial charge in [-0.3, -0.25) is 4.79 Å². The predicted molar refractivity (Wildman–Crippen MR) is 72.8 cm³/mol. The van der Waals surface area contributed by atoms with E-state index in [9.17, 15) is 4.79 Å². The monoisotopic (exact) mass is 263 g/mol. The van der Waals surface area contributed by atoms with Gasteiger partial charge in [-0.1, -0.05) is 0 Å². The SMILES string of the molecule is O=C(O)CNC1CC(C23CC4CC(CC(C4)C2)C3)C1. The molecule has 106 valence electrons. The van der Waals surface area contributed by atoms with E-state index >= 15 is 0 Å². The number of rotatable bonds is 4. The van der Waals surface area contributed by atoms with Gasteiger partial charge in [0.05, 0.1) is 6.54 Å². The van der Waals surface area contributed by atoms with Crippen LogP contribution in [0.4, 0.5) is 0 Å². The lowest BCUT2D eigenvalue weighted by atomic mass is 9.43. The molecule has 3 heteroatoms. The number of nitrogens with one attached hydrogen (secondary N) is 1. The van der Waals surface area contributed by atoms with Gasteiger partial charge < -0.3 is 10.4 Å². The minimum Gasteiger partial charge on any atom is -0.480 e. The maximum absolute atomic E-state index is 10.6. The second-order valence-electron chi connectivity index (χ2n) is 7.92. The third kappa shape index (κ3) is 2.01. The molecule has 0 aromatic heterocycles. The van der Waals surface area contributed by atoms with Gasteiger partial charge in [-0.05, 0) is 80.5 Å². The number of carboxylic acids is 1. The van der Waals surface area contributed by atoms with Gasteiger partial charge in [0.25, 0.3) is 0 Å². The molecule has 0 aliphatic heterocycles. The Morgan fingerprint density at radius 3 is 2.00 bits per heavy atom. The highest BCUT2D eigenvalue weighted by molar-refractivity contribution is 5.69. The Labute approximate surface area is 115 Å². The van der Waals surface area contributed by atoms with Gasteiger partial charge in [-0.2, -0.15) is 0 Å². The Balaban J connectivity index is 1.37. The van der Waals surface area contributed by atoms with Crippen LogP contribution < -0.4 is 5.32 Å². The summed E-state index contributed by atoms with van der Waals surface area (Å²) in [6.45, 7) is 0.137. The van der Waals surface area contributed by atoms with E-state index in [4.69, 9.17) is 5.11 Å². The highest BCUT2D eigenvalue weighted by Crippen LogP contribution is 2.65. The first-order chi connectivity index (χ1) is 9.13. The maximum Gasteiger partial charge on any atom is 0.317 e. The van der Waals surface area contributed by atoms with Crippen molar-refractivity contribution in [2.75, 3.05) is 6.54 Å². The Bertz CT molecular complexity index is 351. The Morgan fingerprint density at radius 1 is 1.00 bits per heavy atom. The third-order valence-corrected chi connectivity index (χ3v) is 6.63. The molecule has 0 spiro atoms. The molecule has 19 heavy (non-hydrogen) atoms. The van der Waals surface area contributed by atoms with Gasteiger partial charge in [-0.15, -0.1) is 0 Å². The second kappa shape index (κ2) is 4.21. The molecular weight excluding hydrogens is 238 g/mol. The molecule has 0 atom stereocenters. The van der Waals surface area contributed by atoms with Crippen molar-refractivity contribution in [1.82, 2.24) is 5.32 Å². The first-order valence-corrected chi connectivity index (χ1v) is 8.08. The van der Waals surface area contributed by atoms with Crippen LogP contribution in [0.25, 0.3) is 0 Å². The zero-order chi connectivity index (χ0) is 13.0. The van der Waals surface area contributed by atoms with Crippen LogP contribution in [0.15, 0.2) is 0 Å². The summed E-state index contributed by atoms with van der Waals surface area (Å²) in [6.07, 6.45) is 11.5.